The summed E-state index contributed by atoms with van der Waals surface area (Å²) in [4.78, 5) is 24.5. The van der Waals surface area contributed by atoms with Gasteiger partial charge in [0.25, 0.3) is 0 Å². The average Bonchev–Trinajstić information content (AvgIpc) is 3.07. The van der Waals surface area contributed by atoms with Crippen LogP contribution in [0.2, 0.25) is 0 Å². The van der Waals surface area contributed by atoms with Crippen LogP contribution in [0.1, 0.15) is 41.0 Å². The SMILES string of the molecule is COc1ccc(C(C)NC(=O)CCC(=O)c2cccs2)cc1. The van der Waals surface area contributed by atoms with Crippen molar-refractivity contribution in [3.8, 4) is 5.75 Å². The van der Waals surface area contributed by atoms with Crippen LogP contribution in [0.15, 0.2) is 41.8 Å². The standard InChI is InChI=1S/C17H19NO3S/c1-12(13-5-7-14(21-2)8-6-13)18-17(20)10-9-15(19)16-4-3-11-22-16/h3-8,11-12H,9-10H2,1-2H3,(H,18,20). The lowest BCUT2D eigenvalue weighted by molar-refractivity contribution is -0.121. The predicted molar refractivity (Wildman–Crippen MR) is 87.4 cm³/mol. The molecule has 0 aliphatic heterocycles. The second kappa shape index (κ2) is 7.75. The van der Waals surface area contributed by atoms with E-state index in [2.05, 4.69) is 5.32 Å². The number of ether oxygens (including phenoxy) is 1. The molecule has 1 aromatic heterocycles. The number of hydrogen-bond acceptors (Lipinski definition) is 4. The van der Waals surface area contributed by atoms with Gasteiger partial charge in [-0.25, -0.2) is 0 Å². The average molecular weight is 317 g/mol. The quantitative estimate of drug-likeness (QED) is 0.794. The largest absolute Gasteiger partial charge is 0.497 e. The Balaban J connectivity index is 1.81. The summed E-state index contributed by atoms with van der Waals surface area (Å²) in [5.41, 5.74) is 0.999. The minimum absolute atomic E-state index is 0.0160. The van der Waals surface area contributed by atoms with E-state index in [4.69, 9.17) is 4.74 Å². The van der Waals surface area contributed by atoms with Crippen molar-refractivity contribution in [1.29, 1.82) is 0 Å². The maximum atomic E-state index is 11.9. The third kappa shape index (κ3) is 4.43. The Labute approximate surface area is 134 Å². The first-order chi connectivity index (χ1) is 10.6. The molecule has 1 unspecified atom stereocenters. The van der Waals surface area contributed by atoms with Crippen LogP contribution in [0.5, 0.6) is 5.75 Å². The lowest BCUT2D eigenvalue weighted by Gasteiger charge is -2.14. The van der Waals surface area contributed by atoms with Crippen LogP contribution in [0, 0.1) is 0 Å². The van der Waals surface area contributed by atoms with E-state index < -0.39 is 0 Å². The van der Waals surface area contributed by atoms with Crippen molar-refractivity contribution in [3.05, 3.63) is 52.2 Å². The topological polar surface area (TPSA) is 55.4 Å². The smallest absolute Gasteiger partial charge is 0.220 e. The number of carbonyl (C=O) groups excluding carboxylic acids is 2. The molecule has 1 amide bonds. The third-order valence-electron chi connectivity index (χ3n) is 3.37. The van der Waals surface area contributed by atoms with E-state index in [1.165, 1.54) is 11.3 Å². The molecule has 5 heteroatoms. The number of rotatable bonds is 7. The molecule has 0 radical (unpaired) electrons. The number of thiophene rings is 1. The second-order valence-electron chi connectivity index (χ2n) is 4.96. The van der Waals surface area contributed by atoms with Crippen LogP contribution < -0.4 is 10.1 Å². The molecule has 0 aliphatic carbocycles. The molecular formula is C17H19NO3S. The van der Waals surface area contributed by atoms with Gasteiger partial charge in [-0.1, -0.05) is 18.2 Å². The first-order valence-corrected chi connectivity index (χ1v) is 7.98. The predicted octanol–water partition coefficient (Wildman–Crippen LogP) is 3.60. The van der Waals surface area contributed by atoms with Crippen molar-refractivity contribution in [1.82, 2.24) is 5.32 Å². The molecule has 1 atom stereocenters. The summed E-state index contributed by atoms with van der Waals surface area (Å²) in [6.45, 7) is 1.92. The highest BCUT2D eigenvalue weighted by Gasteiger charge is 2.13. The number of benzene rings is 1. The van der Waals surface area contributed by atoms with E-state index >= 15 is 0 Å². The molecule has 2 rings (SSSR count). The molecule has 22 heavy (non-hydrogen) atoms. The van der Waals surface area contributed by atoms with E-state index in [9.17, 15) is 9.59 Å². The molecule has 116 valence electrons. The molecule has 0 fully saturated rings. The first-order valence-electron chi connectivity index (χ1n) is 7.10. The maximum Gasteiger partial charge on any atom is 0.220 e. The Morgan fingerprint density at radius 2 is 1.91 bits per heavy atom. The van der Waals surface area contributed by atoms with Crippen molar-refractivity contribution in [2.24, 2.45) is 0 Å². The van der Waals surface area contributed by atoms with Gasteiger partial charge in [0, 0.05) is 12.8 Å². The summed E-state index contributed by atoms with van der Waals surface area (Å²) in [5, 5.41) is 4.77. The molecule has 0 spiro atoms. The molecule has 0 bridgehead atoms. The Kier molecular flexibility index (Phi) is 5.72. The Bertz CT molecular complexity index is 620. The van der Waals surface area contributed by atoms with Gasteiger partial charge >= 0.3 is 0 Å². The fraction of sp³-hybridized carbons (Fsp3) is 0.294. The molecule has 0 saturated heterocycles. The van der Waals surface area contributed by atoms with Gasteiger partial charge < -0.3 is 10.1 Å². The zero-order chi connectivity index (χ0) is 15.9. The van der Waals surface area contributed by atoms with Crippen LogP contribution in [-0.4, -0.2) is 18.8 Å². The van der Waals surface area contributed by atoms with Crippen LogP contribution in [0.4, 0.5) is 0 Å². The van der Waals surface area contributed by atoms with Crippen LogP contribution in [0.25, 0.3) is 0 Å². The van der Waals surface area contributed by atoms with Gasteiger partial charge in [0.15, 0.2) is 5.78 Å². The maximum absolute atomic E-state index is 11.9. The molecule has 4 nitrogen and oxygen atoms in total. The number of Topliss-reactive ketones (excluding diaryl/α,β-unsaturated/α-hetero) is 1. The zero-order valence-electron chi connectivity index (χ0n) is 12.7. The van der Waals surface area contributed by atoms with Crippen molar-refractivity contribution in [2.45, 2.75) is 25.8 Å². The number of nitrogens with one attached hydrogen (secondary N) is 1. The number of ketones is 1. The summed E-state index contributed by atoms with van der Waals surface area (Å²) < 4.78 is 5.11. The third-order valence-corrected chi connectivity index (χ3v) is 4.28. The van der Waals surface area contributed by atoms with Crippen molar-refractivity contribution in [3.63, 3.8) is 0 Å². The van der Waals surface area contributed by atoms with Crippen LogP contribution in [0.3, 0.4) is 0 Å². The highest BCUT2D eigenvalue weighted by atomic mass is 32.1. The summed E-state index contributed by atoms with van der Waals surface area (Å²) >= 11 is 1.40. The molecular weight excluding hydrogens is 298 g/mol. The summed E-state index contributed by atoms with van der Waals surface area (Å²) in [6, 6.07) is 11.1. The van der Waals surface area contributed by atoms with Gasteiger partial charge in [-0.3, -0.25) is 9.59 Å². The molecule has 0 saturated carbocycles. The number of methoxy groups -OCH3 is 1. The Morgan fingerprint density at radius 3 is 2.50 bits per heavy atom. The van der Waals surface area contributed by atoms with E-state index in [0.717, 1.165) is 11.3 Å². The first kappa shape index (κ1) is 16.2. The monoisotopic (exact) mass is 317 g/mol. The number of amides is 1. The summed E-state index contributed by atoms with van der Waals surface area (Å²) in [7, 11) is 1.62. The number of hydrogen-bond donors (Lipinski definition) is 1. The fourth-order valence-electron chi connectivity index (χ4n) is 2.08. The van der Waals surface area contributed by atoms with E-state index in [1.807, 2.05) is 42.6 Å². The van der Waals surface area contributed by atoms with Crippen molar-refractivity contribution >= 4 is 23.0 Å². The fourth-order valence-corrected chi connectivity index (χ4v) is 2.77. The van der Waals surface area contributed by atoms with Crippen molar-refractivity contribution < 1.29 is 14.3 Å². The highest BCUT2D eigenvalue weighted by Crippen LogP contribution is 2.17. The van der Waals surface area contributed by atoms with Crippen LogP contribution in [-0.2, 0) is 4.79 Å². The van der Waals surface area contributed by atoms with E-state index in [-0.39, 0.29) is 30.6 Å². The number of carbonyl (C=O) groups is 2. The van der Waals surface area contributed by atoms with E-state index in [1.54, 1.807) is 13.2 Å². The minimum atomic E-state index is -0.117. The van der Waals surface area contributed by atoms with Gasteiger partial charge in [0.05, 0.1) is 18.0 Å². The zero-order valence-corrected chi connectivity index (χ0v) is 13.5. The van der Waals surface area contributed by atoms with Gasteiger partial charge in [-0.15, -0.1) is 11.3 Å². The molecule has 0 aliphatic rings. The Morgan fingerprint density at radius 1 is 1.18 bits per heavy atom. The molecule has 1 aromatic carbocycles. The van der Waals surface area contributed by atoms with Crippen molar-refractivity contribution in [2.75, 3.05) is 7.11 Å². The minimum Gasteiger partial charge on any atom is -0.497 e. The van der Waals surface area contributed by atoms with Gasteiger partial charge in [0.1, 0.15) is 5.75 Å². The van der Waals surface area contributed by atoms with Crippen LogP contribution >= 0.6 is 11.3 Å². The second-order valence-corrected chi connectivity index (χ2v) is 5.91. The molecule has 2 aromatic rings. The highest BCUT2D eigenvalue weighted by molar-refractivity contribution is 7.12. The Hall–Kier alpha value is -2.14. The van der Waals surface area contributed by atoms with E-state index in [0.29, 0.717) is 4.88 Å². The molecule has 1 N–H and O–H groups in total. The van der Waals surface area contributed by atoms with Gasteiger partial charge in [-0.05, 0) is 36.1 Å². The normalized spacial score (nSPS) is 11.7. The van der Waals surface area contributed by atoms with Gasteiger partial charge in [-0.2, -0.15) is 0 Å². The van der Waals surface area contributed by atoms with Gasteiger partial charge in [0.2, 0.25) is 5.91 Å². The molecule has 1 heterocycles. The lowest BCUT2D eigenvalue weighted by Crippen LogP contribution is -2.26. The summed E-state index contributed by atoms with van der Waals surface area (Å²) in [6.07, 6.45) is 0.443. The lowest BCUT2D eigenvalue weighted by atomic mass is 10.1. The summed E-state index contributed by atoms with van der Waals surface area (Å²) in [5.74, 6) is 0.680.